The SMILES string of the molecule is OCC(CO)(CCCCOCc1ccccc1)c1ccccc1. The Balaban J connectivity index is 1.75. The molecule has 2 aromatic rings. The van der Waals surface area contributed by atoms with E-state index in [-0.39, 0.29) is 13.2 Å². The average molecular weight is 314 g/mol. The summed E-state index contributed by atoms with van der Waals surface area (Å²) >= 11 is 0. The normalized spacial score (nSPS) is 11.6. The van der Waals surface area contributed by atoms with Crippen molar-refractivity contribution in [2.24, 2.45) is 0 Å². The van der Waals surface area contributed by atoms with Crippen LogP contribution in [-0.2, 0) is 16.8 Å². The van der Waals surface area contributed by atoms with Crippen molar-refractivity contribution in [3.05, 3.63) is 71.8 Å². The van der Waals surface area contributed by atoms with Gasteiger partial charge in [-0.15, -0.1) is 0 Å². The molecule has 2 rings (SSSR count). The highest BCUT2D eigenvalue weighted by Crippen LogP contribution is 2.29. The quantitative estimate of drug-likeness (QED) is 0.662. The summed E-state index contributed by atoms with van der Waals surface area (Å²) in [7, 11) is 0. The number of hydrogen-bond acceptors (Lipinski definition) is 3. The second-order valence-electron chi connectivity index (χ2n) is 5.96. The van der Waals surface area contributed by atoms with E-state index in [0.717, 1.165) is 24.8 Å². The van der Waals surface area contributed by atoms with Gasteiger partial charge < -0.3 is 14.9 Å². The Morgan fingerprint density at radius 1 is 0.783 bits per heavy atom. The van der Waals surface area contributed by atoms with Crippen molar-refractivity contribution in [3.63, 3.8) is 0 Å². The standard InChI is InChI=1S/C20H26O3/c21-16-20(17-22,19-11-5-2-6-12-19)13-7-8-14-23-15-18-9-3-1-4-10-18/h1-6,9-12,21-22H,7-8,13-17H2. The molecule has 3 nitrogen and oxygen atoms in total. The van der Waals surface area contributed by atoms with Crippen LogP contribution in [0.1, 0.15) is 30.4 Å². The predicted molar refractivity (Wildman–Crippen MR) is 92.2 cm³/mol. The van der Waals surface area contributed by atoms with E-state index in [9.17, 15) is 10.2 Å². The lowest BCUT2D eigenvalue weighted by Crippen LogP contribution is -2.34. The molecular weight excluding hydrogens is 288 g/mol. The molecule has 0 atom stereocenters. The number of benzene rings is 2. The Morgan fingerprint density at radius 2 is 1.39 bits per heavy atom. The summed E-state index contributed by atoms with van der Waals surface area (Å²) in [6.45, 7) is 1.23. The van der Waals surface area contributed by atoms with Gasteiger partial charge in [0.2, 0.25) is 0 Å². The first-order valence-corrected chi connectivity index (χ1v) is 8.20. The van der Waals surface area contributed by atoms with Crippen LogP contribution in [0, 0.1) is 0 Å². The van der Waals surface area contributed by atoms with E-state index < -0.39 is 5.41 Å². The van der Waals surface area contributed by atoms with Crippen LogP contribution in [0.25, 0.3) is 0 Å². The van der Waals surface area contributed by atoms with E-state index in [1.807, 2.05) is 48.5 Å². The molecule has 0 fully saturated rings. The molecule has 0 radical (unpaired) electrons. The topological polar surface area (TPSA) is 49.7 Å². The molecule has 0 spiro atoms. The molecule has 124 valence electrons. The van der Waals surface area contributed by atoms with Crippen LogP contribution in [-0.4, -0.2) is 30.0 Å². The Morgan fingerprint density at radius 3 is 2.00 bits per heavy atom. The number of rotatable bonds is 10. The molecule has 0 amide bonds. The first kappa shape index (κ1) is 17.7. The van der Waals surface area contributed by atoms with Gasteiger partial charge in [0.15, 0.2) is 0 Å². The molecule has 0 heterocycles. The Bertz CT molecular complexity index is 535. The van der Waals surface area contributed by atoms with Gasteiger partial charge in [0.1, 0.15) is 0 Å². The van der Waals surface area contributed by atoms with Gasteiger partial charge in [-0.25, -0.2) is 0 Å². The van der Waals surface area contributed by atoms with Gasteiger partial charge in [0, 0.05) is 12.0 Å². The number of aliphatic hydroxyl groups excluding tert-OH is 2. The fraction of sp³-hybridized carbons (Fsp3) is 0.400. The third kappa shape index (κ3) is 5.17. The molecule has 0 aromatic heterocycles. The van der Waals surface area contributed by atoms with Crippen molar-refractivity contribution in [3.8, 4) is 0 Å². The van der Waals surface area contributed by atoms with E-state index in [0.29, 0.717) is 13.2 Å². The maximum absolute atomic E-state index is 9.79. The molecular formula is C20H26O3. The number of ether oxygens (including phenoxy) is 1. The van der Waals surface area contributed by atoms with Crippen LogP contribution in [0.2, 0.25) is 0 Å². The van der Waals surface area contributed by atoms with Crippen molar-refractivity contribution < 1.29 is 14.9 Å². The molecule has 0 aliphatic heterocycles. The number of unbranched alkanes of at least 4 members (excludes halogenated alkanes) is 1. The molecule has 0 aliphatic carbocycles. The molecule has 2 aromatic carbocycles. The van der Waals surface area contributed by atoms with Gasteiger partial charge in [-0.3, -0.25) is 0 Å². The molecule has 0 saturated heterocycles. The largest absolute Gasteiger partial charge is 0.395 e. The predicted octanol–water partition coefficient (Wildman–Crippen LogP) is 3.30. The molecule has 2 N–H and O–H groups in total. The summed E-state index contributed by atoms with van der Waals surface area (Å²) in [6.07, 6.45) is 2.57. The third-order valence-electron chi connectivity index (χ3n) is 4.30. The summed E-state index contributed by atoms with van der Waals surface area (Å²) in [5.74, 6) is 0. The van der Waals surface area contributed by atoms with Crippen LogP contribution in [0.15, 0.2) is 60.7 Å². The van der Waals surface area contributed by atoms with Crippen LogP contribution in [0.3, 0.4) is 0 Å². The van der Waals surface area contributed by atoms with Crippen molar-refractivity contribution in [1.29, 1.82) is 0 Å². The van der Waals surface area contributed by atoms with Gasteiger partial charge in [-0.05, 0) is 24.0 Å². The molecule has 0 bridgehead atoms. The van der Waals surface area contributed by atoms with Gasteiger partial charge in [-0.2, -0.15) is 0 Å². The van der Waals surface area contributed by atoms with Crippen LogP contribution >= 0.6 is 0 Å². The van der Waals surface area contributed by atoms with Crippen LogP contribution in [0.5, 0.6) is 0 Å². The molecule has 0 saturated carbocycles. The van der Waals surface area contributed by atoms with E-state index in [2.05, 4.69) is 12.1 Å². The Labute approximate surface area is 138 Å². The summed E-state index contributed by atoms with van der Waals surface area (Å²) in [4.78, 5) is 0. The highest BCUT2D eigenvalue weighted by atomic mass is 16.5. The average Bonchev–Trinajstić information content (AvgIpc) is 2.63. The van der Waals surface area contributed by atoms with E-state index in [1.165, 1.54) is 5.56 Å². The van der Waals surface area contributed by atoms with E-state index in [1.54, 1.807) is 0 Å². The first-order valence-electron chi connectivity index (χ1n) is 8.20. The first-order chi connectivity index (χ1) is 11.3. The molecule has 0 unspecified atom stereocenters. The molecule has 23 heavy (non-hydrogen) atoms. The smallest absolute Gasteiger partial charge is 0.0716 e. The van der Waals surface area contributed by atoms with E-state index >= 15 is 0 Å². The minimum absolute atomic E-state index is 0.0433. The van der Waals surface area contributed by atoms with Gasteiger partial charge in [-0.1, -0.05) is 67.1 Å². The monoisotopic (exact) mass is 314 g/mol. The Kier molecular flexibility index (Phi) is 7.27. The second-order valence-corrected chi connectivity index (χ2v) is 5.96. The molecule has 3 heteroatoms. The number of aliphatic hydroxyl groups is 2. The third-order valence-corrected chi connectivity index (χ3v) is 4.30. The van der Waals surface area contributed by atoms with Crippen molar-refractivity contribution >= 4 is 0 Å². The van der Waals surface area contributed by atoms with Gasteiger partial charge in [0.25, 0.3) is 0 Å². The summed E-state index contributed by atoms with van der Waals surface area (Å²) < 4.78 is 5.68. The Hall–Kier alpha value is -1.68. The maximum atomic E-state index is 9.79. The lowest BCUT2D eigenvalue weighted by Gasteiger charge is -2.30. The number of hydrogen-bond donors (Lipinski definition) is 2. The minimum atomic E-state index is -0.555. The lowest BCUT2D eigenvalue weighted by atomic mass is 9.78. The zero-order valence-corrected chi connectivity index (χ0v) is 13.5. The second kappa shape index (κ2) is 9.46. The fourth-order valence-corrected chi connectivity index (χ4v) is 2.76. The lowest BCUT2D eigenvalue weighted by molar-refractivity contribution is 0.0939. The maximum Gasteiger partial charge on any atom is 0.0716 e. The molecule has 0 aliphatic rings. The van der Waals surface area contributed by atoms with Crippen molar-refractivity contribution in [2.45, 2.75) is 31.3 Å². The van der Waals surface area contributed by atoms with Crippen LogP contribution < -0.4 is 0 Å². The highest BCUT2D eigenvalue weighted by molar-refractivity contribution is 5.25. The minimum Gasteiger partial charge on any atom is -0.395 e. The zero-order valence-electron chi connectivity index (χ0n) is 13.5. The van der Waals surface area contributed by atoms with Gasteiger partial charge in [0.05, 0.1) is 19.8 Å². The van der Waals surface area contributed by atoms with Gasteiger partial charge >= 0.3 is 0 Å². The van der Waals surface area contributed by atoms with Crippen molar-refractivity contribution in [2.75, 3.05) is 19.8 Å². The summed E-state index contributed by atoms with van der Waals surface area (Å²) in [6, 6.07) is 19.9. The zero-order chi connectivity index (χ0) is 16.4. The van der Waals surface area contributed by atoms with Crippen LogP contribution in [0.4, 0.5) is 0 Å². The van der Waals surface area contributed by atoms with E-state index in [4.69, 9.17) is 4.74 Å². The van der Waals surface area contributed by atoms with Crippen molar-refractivity contribution in [1.82, 2.24) is 0 Å². The highest BCUT2D eigenvalue weighted by Gasteiger charge is 2.30. The summed E-state index contributed by atoms with van der Waals surface area (Å²) in [5, 5.41) is 19.6. The fourth-order valence-electron chi connectivity index (χ4n) is 2.76. The summed E-state index contributed by atoms with van der Waals surface area (Å²) in [5.41, 5.74) is 1.62.